The number of nitrogens with one attached hydrogen (secondary N) is 1. The van der Waals surface area contributed by atoms with E-state index >= 15 is 0 Å². The zero-order valence-corrected chi connectivity index (χ0v) is 9.63. The van der Waals surface area contributed by atoms with Crippen LogP contribution in [0.4, 0.5) is 0 Å². The minimum Gasteiger partial charge on any atom is -0.409 e. The third kappa shape index (κ3) is 2.57. The first-order chi connectivity index (χ1) is 8.70. The molecule has 0 aromatic heterocycles. The first-order valence-corrected chi connectivity index (χ1v) is 5.44. The SMILES string of the molecule is N/C(CNC(=O)c1ccc2ccccc2c1)=N\O. The maximum absolute atomic E-state index is 11.8. The van der Waals surface area contributed by atoms with Gasteiger partial charge in [-0.25, -0.2) is 0 Å². The first kappa shape index (κ1) is 11.9. The molecular weight excluding hydrogens is 230 g/mol. The van der Waals surface area contributed by atoms with Crippen LogP contribution in [0.5, 0.6) is 0 Å². The van der Waals surface area contributed by atoms with Crippen LogP contribution >= 0.6 is 0 Å². The van der Waals surface area contributed by atoms with Gasteiger partial charge in [-0.3, -0.25) is 4.79 Å². The van der Waals surface area contributed by atoms with E-state index in [9.17, 15) is 4.79 Å². The summed E-state index contributed by atoms with van der Waals surface area (Å²) in [6.07, 6.45) is 0. The zero-order chi connectivity index (χ0) is 13.0. The fourth-order valence-electron chi connectivity index (χ4n) is 1.64. The first-order valence-electron chi connectivity index (χ1n) is 5.44. The van der Waals surface area contributed by atoms with Crippen LogP contribution in [0.2, 0.25) is 0 Å². The third-order valence-electron chi connectivity index (χ3n) is 2.57. The molecule has 4 N–H and O–H groups in total. The standard InChI is InChI=1S/C13H13N3O2/c14-12(16-18)8-15-13(17)11-6-5-9-3-1-2-4-10(9)7-11/h1-7,18H,8H2,(H2,14,16)(H,15,17). The molecule has 5 nitrogen and oxygen atoms in total. The number of hydrogen-bond donors (Lipinski definition) is 3. The highest BCUT2D eigenvalue weighted by atomic mass is 16.4. The molecule has 0 aliphatic rings. The Hall–Kier alpha value is -2.56. The summed E-state index contributed by atoms with van der Waals surface area (Å²) in [5, 5.41) is 15.8. The Morgan fingerprint density at radius 2 is 1.94 bits per heavy atom. The molecule has 0 fully saturated rings. The number of nitrogens with two attached hydrogens (primary N) is 1. The predicted molar refractivity (Wildman–Crippen MR) is 69.7 cm³/mol. The monoisotopic (exact) mass is 243 g/mol. The van der Waals surface area contributed by atoms with Crippen LogP contribution in [0.25, 0.3) is 10.8 Å². The van der Waals surface area contributed by atoms with E-state index in [1.54, 1.807) is 12.1 Å². The van der Waals surface area contributed by atoms with Crippen LogP contribution in [0.15, 0.2) is 47.6 Å². The molecule has 18 heavy (non-hydrogen) atoms. The molecule has 0 heterocycles. The number of benzene rings is 2. The number of carbonyl (C=O) groups is 1. The summed E-state index contributed by atoms with van der Waals surface area (Å²) in [7, 11) is 0. The lowest BCUT2D eigenvalue weighted by molar-refractivity contribution is 0.0959. The maximum atomic E-state index is 11.8. The third-order valence-corrected chi connectivity index (χ3v) is 2.57. The molecule has 0 unspecified atom stereocenters. The van der Waals surface area contributed by atoms with Gasteiger partial charge in [-0.1, -0.05) is 35.5 Å². The minimum atomic E-state index is -0.257. The van der Waals surface area contributed by atoms with Crippen LogP contribution in [-0.2, 0) is 0 Å². The van der Waals surface area contributed by atoms with E-state index in [2.05, 4.69) is 10.5 Å². The lowest BCUT2D eigenvalue weighted by Gasteiger charge is -2.05. The summed E-state index contributed by atoms with van der Waals surface area (Å²) in [5.74, 6) is -0.295. The second kappa shape index (κ2) is 5.18. The molecule has 0 aliphatic heterocycles. The Kier molecular flexibility index (Phi) is 3.43. The fourth-order valence-corrected chi connectivity index (χ4v) is 1.64. The van der Waals surface area contributed by atoms with Gasteiger partial charge in [-0.15, -0.1) is 0 Å². The summed E-state index contributed by atoms with van der Waals surface area (Å²) < 4.78 is 0. The van der Waals surface area contributed by atoms with Crippen LogP contribution in [0.1, 0.15) is 10.4 Å². The number of amides is 1. The quantitative estimate of drug-likeness (QED) is 0.329. The Labute approximate surface area is 104 Å². The second-order valence-electron chi connectivity index (χ2n) is 3.84. The molecular formula is C13H13N3O2. The highest BCUT2D eigenvalue weighted by molar-refractivity contribution is 6.00. The van der Waals surface area contributed by atoms with E-state index in [1.165, 1.54) is 0 Å². The van der Waals surface area contributed by atoms with Crippen molar-refractivity contribution in [1.29, 1.82) is 0 Å². The summed E-state index contributed by atoms with van der Waals surface area (Å²) in [5.41, 5.74) is 5.82. The van der Waals surface area contributed by atoms with Gasteiger partial charge in [0.25, 0.3) is 5.91 Å². The lowest BCUT2D eigenvalue weighted by Crippen LogP contribution is -2.33. The number of amidine groups is 1. The number of nitrogens with zero attached hydrogens (tertiary/aromatic N) is 1. The molecule has 2 aromatic rings. The van der Waals surface area contributed by atoms with Crippen molar-refractivity contribution < 1.29 is 10.0 Å². The Morgan fingerprint density at radius 1 is 1.22 bits per heavy atom. The maximum Gasteiger partial charge on any atom is 0.251 e. The lowest BCUT2D eigenvalue weighted by atomic mass is 10.1. The van der Waals surface area contributed by atoms with Crippen molar-refractivity contribution in [1.82, 2.24) is 5.32 Å². The predicted octanol–water partition coefficient (Wildman–Crippen LogP) is 1.32. The molecule has 5 heteroatoms. The van der Waals surface area contributed by atoms with Crippen molar-refractivity contribution in [2.75, 3.05) is 6.54 Å². The van der Waals surface area contributed by atoms with Crippen molar-refractivity contribution in [2.24, 2.45) is 10.9 Å². The van der Waals surface area contributed by atoms with Crippen LogP contribution in [-0.4, -0.2) is 23.5 Å². The van der Waals surface area contributed by atoms with Gasteiger partial charge in [0.05, 0.1) is 6.54 Å². The molecule has 2 rings (SSSR count). The second-order valence-corrected chi connectivity index (χ2v) is 3.84. The van der Waals surface area contributed by atoms with Crippen molar-refractivity contribution in [3.05, 3.63) is 48.0 Å². The van der Waals surface area contributed by atoms with Gasteiger partial charge in [-0.2, -0.15) is 0 Å². The number of carbonyl (C=O) groups excluding carboxylic acids is 1. The molecule has 92 valence electrons. The van der Waals surface area contributed by atoms with E-state index in [0.29, 0.717) is 5.56 Å². The topological polar surface area (TPSA) is 87.7 Å². The smallest absolute Gasteiger partial charge is 0.251 e. The molecule has 2 aromatic carbocycles. The highest BCUT2D eigenvalue weighted by Crippen LogP contribution is 2.15. The number of oxime groups is 1. The molecule has 0 saturated carbocycles. The summed E-state index contributed by atoms with van der Waals surface area (Å²) in [6, 6.07) is 13.2. The average molecular weight is 243 g/mol. The average Bonchev–Trinajstić information content (AvgIpc) is 2.43. The van der Waals surface area contributed by atoms with Crippen LogP contribution in [0, 0.1) is 0 Å². The molecule has 0 atom stereocenters. The van der Waals surface area contributed by atoms with Crippen molar-refractivity contribution in [3.8, 4) is 0 Å². The van der Waals surface area contributed by atoms with Crippen molar-refractivity contribution >= 4 is 22.5 Å². The number of fused-ring (bicyclic) bond motifs is 1. The van der Waals surface area contributed by atoms with Gasteiger partial charge in [0.15, 0.2) is 5.84 Å². The molecule has 0 saturated heterocycles. The van der Waals surface area contributed by atoms with Crippen LogP contribution < -0.4 is 11.1 Å². The Balaban J connectivity index is 2.18. The molecule has 0 bridgehead atoms. The van der Waals surface area contributed by atoms with Gasteiger partial charge in [0.1, 0.15) is 0 Å². The summed E-state index contributed by atoms with van der Waals surface area (Å²) >= 11 is 0. The van der Waals surface area contributed by atoms with Gasteiger partial charge >= 0.3 is 0 Å². The van der Waals surface area contributed by atoms with Crippen molar-refractivity contribution in [2.45, 2.75) is 0 Å². The van der Waals surface area contributed by atoms with E-state index < -0.39 is 0 Å². The van der Waals surface area contributed by atoms with Crippen molar-refractivity contribution in [3.63, 3.8) is 0 Å². The number of rotatable bonds is 3. The van der Waals surface area contributed by atoms with E-state index in [-0.39, 0.29) is 18.3 Å². The van der Waals surface area contributed by atoms with Gasteiger partial charge < -0.3 is 16.3 Å². The van der Waals surface area contributed by atoms with Gasteiger partial charge in [-0.05, 0) is 22.9 Å². The fraction of sp³-hybridized carbons (Fsp3) is 0.0769. The Morgan fingerprint density at radius 3 is 2.67 bits per heavy atom. The largest absolute Gasteiger partial charge is 0.409 e. The number of hydrogen-bond acceptors (Lipinski definition) is 3. The van der Waals surface area contributed by atoms with Gasteiger partial charge in [0, 0.05) is 5.56 Å². The van der Waals surface area contributed by atoms with E-state index in [1.807, 2.05) is 30.3 Å². The summed E-state index contributed by atoms with van der Waals surface area (Å²) in [4.78, 5) is 11.8. The van der Waals surface area contributed by atoms with Crippen LogP contribution in [0.3, 0.4) is 0 Å². The van der Waals surface area contributed by atoms with E-state index in [4.69, 9.17) is 10.9 Å². The van der Waals surface area contributed by atoms with E-state index in [0.717, 1.165) is 10.8 Å². The van der Waals surface area contributed by atoms with Gasteiger partial charge in [0.2, 0.25) is 0 Å². The Bertz CT molecular complexity index is 608. The summed E-state index contributed by atoms with van der Waals surface area (Å²) in [6.45, 7) is 0.0160. The molecule has 0 radical (unpaired) electrons. The molecule has 1 amide bonds. The normalized spacial score (nSPS) is 11.4. The molecule has 0 aliphatic carbocycles. The highest BCUT2D eigenvalue weighted by Gasteiger charge is 2.06. The minimum absolute atomic E-state index is 0.0160. The molecule has 0 spiro atoms. The zero-order valence-electron chi connectivity index (χ0n) is 9.63.